The molecule has 0 aliphatic carbocycles. The number of carbonyl (C=O) groups excluding carboxylic acids is 2. The summed E-state index contributed by atoms with van der Waals surface area (Å²) < 4.78 is 86.5. The lowest BCUT2D eigenvalue weighted by Gasteiger charge is -2.17. The topological polar surface area (TPSA) is 83.6 Å². The molecule has 13 heteroatoms. The number of rotatable bonds is 6. The molecule has 0 aromatic heterocycles. The van der Waals surface area contributed by atoms with Crippen LogP contribution in [0, 0.1) is 0 Å². The zero-order valence-electron chi connectivity index (χ0n) is 15.6. The fourth-order valence-electron chi connectivity index (χ4n) is 2.42. The predicted octanol–water partition coefficient (Wildman–Crippen LogP) is 4.07. The quantitative estimate of drug-likeness (QED) is 0.627. The van der Waals surface area contributed by atoms with Crippen LogP contribution in [0.5, 0.6) is 0 Å². The van der Waals surface area contributed by atoms with Crippen molar-refractivity contribution in [2.45, 2.75) is 16.8 Å². The molecular weight excluding hydrogens is 471 g/mol. The summed E-state index contributed by atoms with van der Waals surface area (Å²) in [6, 6.07) is 6.42. The standard InChI is InChI=1S/C18H14ClF5N2O4S/c1-26(16(28)10-2-5-12(6-3-10)31(29,30)17(20)21)9-15(27)25-11-4-7-14(19)13(8-11)18(22,23)24/h2-8,17H,9H2,1H3,(H,25,27). The van der Waals surface area contributed by atoms with Crippen LogP contribution in [0.25, 0.3) is 0 Å². The Balaban J connectivity index is 2.07. The van der Waals surface area contributed by atoms with E-state index >= 15 is 0 Å². The van der Waals surface area contributed by atoms with E-state index in [2.05, 4.69) is 5.32 Å². The normalized spacial score (nSPS) is 12.0. The first kappa shape index (κ1) is 24.5. The van der Waals surface area contributed by atoms with Gasteiger partial charge in [-0.3, -0.25) is 9.59 Å². The third-order valence-electron chi connectivity index (χ3n) is 3.95. The number of benzene rings is 2. The minimum absolute atomic E-state index is 0.0885. The highest BCUT2D eigenvalue weighted by molar-refractivity contribution is 7.91. The summed E-state index contributed by atoms with van der Waals surface area (Å²) in [5.74, 6) is -5.18. The highest BCUT2D eigenvalue weighted by atomic mass is 35.5. The van der Waals surface area contributed by atoms with Crippen LogP contribution >= 0.6 is 11.6 Å². The molecule has 2 aromatic rings. The average Bonchev–Trinajstić information content (AvgIpc) is 2.67. The van der Waals surface area contributed by atoms with Crippen LogP contribution in [0.1, 0.15) is 15.9 Å². The van der Waals surface area contributed by atoms with Gasteiger partial charge in [-0.1, -0.05) is 11.6 Å². The van der Waals surface area contributed by atoms with Gasteiger partial charge in [0.25, 0.3) is 5.91 Å². The fraction of sp³-hybridized carbons (Fsp3) is 0.222. The number of hydrogen-bond donors (Lipinski definition) is 1. The number of nitrogens with zero attached hydrogens (tertiary/aromatic N) is 1. The molecule has 0 saturated heterocycles. The summed E-state index contributed by atoms with van der Waals surface area (Å²) in [6.45, 7) is -0.556. The van der Waals surface area contributed by atoms with Gasteiger partial charge >= 0.3 is 11.9 Å². The Morgan fingerprint density at radius 1 is 1.10 bits per heavy atom. The molecule has 0 fully saturated rings. The summed E-state index contributed by atoms with van der Waals surface area (Å²) >= 11 is 5.50. The lowest BCUT2D eigenvalue weighted by molar-refractivity contribution is -0.137. The summed E-state index contributed by atoms with van der Waals surface area (Å²) in [4.78, 5) is 24.7. The van der Waals surface area contributed by atoms with Crippen LogP contribution in [0.2, 0.25) is 5.02 Å². The molecular formula is C18H14ClF5N2O4S. The van der Waals surface area contributed by atoms with Gasteiger partial charge in [-0.2, -0.15) is 22.0 Å². The number of amides is 2. The molecule has 31 heavy (non-hydrogen) atoms. The van der Waals surface area contributed by atoms with Gasteiger partial charge < -0.3 is 10.2 Å². The van der Waals surface area contributed by atoms with Crippen molar-refractivity contribution in [3.05, 3.63) is 58.6 Å². The van der Waals surface area contributed by atoms with Crippen LogP contribution in [-0.4, -0.2) is 44.5 Å². The van der Waals surface area contributed by atoms with Gasteiger partial charge in [0.15, 0.2) is 0 Å². The summed E-state index contributed by atoms with van der Waals surface area (Å²) in [7, 11) is -3.61. The molecule has 168 valence electrons. The summed E-state index contributed by atoms with van der Waals surface area (Å²) in [5, 5.41) is 1.66. The van der Waals surface area contributed by atoms with Crippen LogP contribution in [0.3, 0.4) is 0 Å². The minimum atomic E-state index is -4.82. The Labute approximate surface area is 178 Å². The van der Waals surface area contributed by atoms with Crippen LogP contribution in [0.15, 0.2) is 47.4 Å². The second kappa shape index (κ2) is 9.18. The van der Waals surface area contributed by atoms with E-state index in [4.69, 9.17) is 11.6 Å². The molecule has 0 heterocycles. The molecule has 0 bridgehead atoms. The molecule has 2 aromatic carbocycles. The maximum atomic E-state index is 12.9. The Morgan fingerprint density at radius 3 is 2.19 bits per heavy atom. The number of likely N-dealkylation sites (N-methyl/N-ethyl adjacent to an activating group) is 1. The smallest absolute Gasteiger partial charge is 0.332 e. The molecule has 0 saturated carbocycles. The van der Waals surface area contributed by atoms with Gasteiger partial charge in [0.1, 0.15) is 0 Å². The van der Waals surface area contributed by atoms with Gasteiger partial charge in [-0.05, 0) is 42.5 Å². The van der Waals surface area contributed by atoms with Crippen molar-refractivity contribution < 1.29 is 40.0 Å². The third-order valence-corrected chi connectivity index (χ3v) is 5.68. The Kier molecular flexibility index (Phi) is 7.27. The van der Waals surface area contributed by atoms with Crippen molar-refractivity contribution in [3.8, 4) is 0 Å². The van der Waals surface area contributed by atoms with Gasteiger partial charge in [-0.15, -0.1) is 0 Å². The highest BCUT2D eigenvalue weighted by Crippen LogP contribution is 2.36. The molecule has 1 N–H and O–H groups in total. The van der Waals surface area contributed by atoms with Crippen LogP contribution < -0.4 is 5.32 Å². The largest absolute Gasteiger partial charge is 0.417 e. The second-order valence-electron chi connectivity index (χ2n) is 6.23. The molecule has 2 amide bonds. The maximum absolute atomic E-state index is 12.9. The Hall–Kier alpha value is -2.73. The molecule has 0 unspecified atom stereocenters. The molecule has 6 nitrogen and oxygen atoms in total. The Morgan fingerprint density at radius 2 is 1.68 bits per heavy atom. The van der Waals surface area contributed by atoms with Gasteiger partial charge in [0.2, 0.25) is 15.7 Å². The zero-order valence-corrected chi connectivity index (χ0v) is 17.2. The first-order chi connectivity index (χ1) is 14.2. The van der Waals surface area contributed by atoms with Gasteiger partial charge in [-0.25, -0.2) is 8.42 Å². The van der Waals surface area contributed by atoms with E-state index < -0.39 is 55.6 Å². The number of anilines is 1. The highest BCUT2D eigenvalue weighted by Gasteiger charge is 2.33. The number of alkyl halides is 5. The van der Waals surface area contributed by atoms with E-state index in [-0.39, 0.29) is 11.3 Å². The first-order valence-corrected chi connectivity index (χ1v) is 10.2. The third kappa shape index (κ3) is 5.91. The van der Waals surface area contributed by atoms with Crippen molar-refractivity contribution in [3.63, 3.8) is 0 Å². The van der Waals surface area contributed by atoms with Crippen molar-refractivity contribution in [2.24, 2.45) is 0 Å². The molecule has 0 spiro atoms. The van der Waals surface area contributed by atoms with E-state index in [1.165, 1.54) is 7.05 Å². The van der Waals surface area contributed by atoms with Crippen molar-refractivity contribution in [1.29, 1.82) is 0 Å². The van der Waals surface area contributed by atoms with E-state index in [0.717, 1.165) is 41.3 Å². The zero-order chi connectivity index (χ0) is 23.6. The molecule has 2 rings (SSSR count). The van der Waals surface area contributed by atoms with Crippen molar-refractivity contribution >= 4 is 38.9 Å². The fourth-order valence-corrected chi connectivity index (χ4v) is 3.36. The van der Waals surface area contributed by atoms with Crippen molar-refractivity contribution in [2.75, 3.05) is 18.9 Å². The van der Waals surface area contributed by atoms with E-state index in [9.17, 15) is 40.0 Å². The van der Waals surface area contributed by atoms with Crippen LogP contribution in [0.4, 0.5) is 27.6 Å². The van der Waals surface area contributed by atoms with E-state index in [0.29, 0.717) is 6.07 Å². The number of carbonyl (C=O) groups is 2. The number of hydrogen-bond acceptors (Lipinski definition) is 4. The Bertz CT molecular complexity index is 1090. The summed E-state index contributed by atoms with van der Waals surface area (Å²) in [5.41, 5.74) is -1.42. The number of halogens is 6. The lowest BCUT2D eigenvalue weighted by atomic mass is 10.2. The van der Waals surface area contributed by atoms with Gasteiger partial charge in [0, 0.05) is 18.3 Å². The minimum Gasteiger partial charge on any atom is -0.332 e. The SMILES string of the molecule is CN(CC(=O)Nc1ccc(Cl)c(C(F)(F)F)c1)C(=O)c1ccc(S(=O)(=O)C(F)F)cc1. The number of sulfone groups is 1. The monoisotopic (exact) mass is 484 g/mol. The molecule has 0 radical (unpaired) electrons. The number of nitrogens with one attached hydrogen (secondary N) is 1. The molecule has 0 atom stereocenters. The molecule has 0 aliphatic rings. The lowest BCUT2D eigenvalue weighted by Crippen LogP contribution is -2.35. The molecule has 0 aliphatic heterocycles. The maximum Gasteiger partial charge on any atom is 0.417 e. The summed E-state index contributed by atoms with van der Waals surface area (Å²) in [6.07, 6.45) is -4.73. The first-order valence-electron chi connectivity index (χ1n) is 8.27. The van der Waals surface area contributed by atoms with Gasteiger partial charge in [0.05, 0.1) is 22.0 Å². The predicted molar refractivity (Wildman–Crippen MR) is 102 cm³/mol. The van der Waals surface area contributed by atoms with Crippen molar-refractivity contribution in [1.82, 2.24) is 4.90 Å². The van der Waals surface area contributed by atoms with E-state index in [1.807, 2.05) is 0 Å². The van der Waals surface area contributed by atoms with E-state index in [1.54, 1.807) is 0 Å². The average molecular weight is 485 g/mol. The van der Waals surface area contributed by atoms with Crippen LogP contribution in [-0.2, 0) is 20.8 Å². The second-order valence-corrected chi connectivity index (χ2v) is 8.56.